The van der Waals surface area contributed by atoms with E-state index in [0.717, 1.165) is 23.1 Å². The van der Waals surface area contributed by atoms with Gasteiger partial charge in [0.15, 0.2) is 0 Å². The minimum Gasteiger partial charge on any atom is -0.508 e. The van der Waals surface area contributed by atoms with Crippen LogP contribution in [-0.2, 0) is 9.53 Å². The smallest absolute Gasteiger partial charge is 0.410 e. The minimum atomic E-state index is -1.25. The van der Waals surface area contributed by atoms with Gasteiger partial charge in [-0.05, 0) is 32.9 Å². The Balaban J connectivity index is 3.21. The topological polar surface area (TPSA) is 110 Å². The van der Waals surface area contributed by atoms with Crippen molar-refractivity contribution in [3.8, 4) is 5.75 Å². The first kappa shape index (κ1) is 17.4. The first-order chi connectivity index (χ1) is 10.1. The molecule has 1 aromatic carbocycles. The van der Waals surface area contributed by atoms with Crippen molar-refractivity contribution < 1.29 is 24.4 Å². The Morgan fingerprint density at radius 3 is 2.50 bits per heavy atom. The van der Waals surface area contributed by atoms with Crippen LogP contribution >= 0.6 is 0 Å². The number of likely N-dealkylation sites (N-methyl/N-ethyl adjacent to an activating group) is 1. The number of nitrogens with zero attached hydrogens (tertiary/aromatic N) is 2. The van der Waals surface area contributed by atoms with Crippen LogP contribution in [0.1, 0.15) is 32.4 Å². The fourth-order valence-electron chi connectivity index (χ4n) is 1.77. The van der Waals surface area contributed by atoms with Gasteiger partial charge in [0, 0.05) is 13.1 Å². The highest BCUT2D eigenvalue weighted by molar-refractivity contribution is 5.76. The molecule has 1 N–H and O–H groups in total. The van der Waals surface area contributed by atoms with Gasteiger partial charge >= 0.3 is 6.09 Å². The number of aromatic hydroxyl groups is 1. The van der Waals surface area contributed by atoms with E-state index >= 15 is 0 Å². The van der Waals surface area contributed by atoms with Crippen molar-refractivity contribution in [3.63, 3.8) is 0 Å². The van der Waals surface area contributed by atoms with E-state index in [1.807, 2.05) is 0 Å². The average Bonchev–Trinajstić information content (AvgIpc) is 2.37. The van der Waals surface area contributed by atoms with E-state index in [1.165, 1.54) is 7.05 Å². The van der Waals surface area contributed by atoms with Gasteiger partial charge in [0.1, 0.15) is 23.7 Å². The van der Waals surface area contributed by atoms with E-state index in [-0.39, 0.29) is 17.0 Å². The molecule has 1 rings (SSSR count). The number of aldehydes is 1. The number of nitro benzene ring substituents is 1. The maximum atomic E-state index is 12.0. The monoisotopic (exact) mass is 310 g/mol. The molecule has 1 unspecified atom stereocenters. The maximum Gasteiger partial charge on any atom is 0.410 e. The molecule has 120 valence electrons. The van der Waals surface area contributed by atoms with Crippen LogP contribution in [0.3, 0.4) is 0 Å². The van der Waals surface area contributed by atoms with Gasteiger partial charge in [0.05, 0.1) is 10.5 Å². The standard InChI is InChI=1S/C14H18N2O6/c1-14(2,3)22-13(19)15(4)12(8-17)10-7-9(18)5-6-11(10)16(20)21/h5-8,12,18H,1-4H3. The normalized spacial score (nSPS) is 12.4. The van der Waals surface area contributed by atoms with Gasteiger partial charge in [0.25, 0.3) is 5.69 Å². The summed E-state index contributed by atoms with van der Waals surface area (Å²) in [6, 6.07) is 2.04. The molecular formula is C14H18N2O6. The summed E-state index contributed by atoms with van der Waals surface area (Å²) in [5.74, 6) is -0.245. The summed E-state index contributed by atoms with van der Waals surface area (Å²) in [6.07, 6.45) is -0.423. The molecule has 8 heteroatoms. The predicted octanol–water partition coefficient (Wildman–Crippen LogP) is 2.41. The van der Waals surface area contributed by atoms with E-state index in [0.29, 0.717) is 6.29 Å². The number of nitro groups is 1. The largest absolute Gasteiger partial charge is 0.508 e. The number of hydrogen-bond donors (Lipinski definition) is 1. The van der Waals surface area contributed by atoms with Crippen LogP contribution < -0.4 is 0 Å². The highest BCUT2D eigenvalue weighted by atomic mass is 16.6. The lowest BCUT2D eigenvalue weighted by molar-refractivity contribution is -0.385. The summed E-state index contributed by atoms with van der Waals surface area (Å²) in [6.45, 7) is 4.97. The van der Waals surface area contributed by atoms with Crippen molar-refractivity contribution in [3.05, 3.63) is 33.9 Å². The zero-order valence-corrected chi connectivity index (χ0v) is 12.8. The molecular weight excluding hydrogens is 292 g/mol. The molecule has 0 aromatic heterocycles. The number of amides is 1. The third-order valence-corrected chi connectivity index (χ3v) is 2.75. The van der Waals surface area contributed by atoms with Crippen molar-refractivity contribution in [2.75, 3.05) is 7.05 Å². The Kier molecular flexibility index (Phi) is 5.08. The molecule has 0 saturated heterocycles. The van der Waals surface area contributed by atoms with Crippen LogP contribution in [0.5, 0.6) is 5.75 Å². The maximum absolute atomic E-state index is 12.0. The first-order valence-corrected chi connectivity index (χ1v) is 6.45. The SMILES string of the molecule is CN(C(=O)OC(C)(C)C)C(C=O)c1cc(O)ccc1[N+](=O)[O-]. The van der Waals surface area contributed by atoms with E-state index in [2.05, 4.69) is 0 Å². The van der Waals surface area contributed by atoms with Crippen molar-refractivity contribution in [2.45, 2.75) is 32.4 Å². The lowest BCUT2D eigenvalue weighted by atomic mass is 10.0. The Morgan fingerprint density at radius 2 is 2.05 bits per heavy atom. The van der Waals surface area contributed by atoms with Crippen molar-refractivity contribution in [2.24, 2.45) is 0 Å². The summed E-state index contributed by atoms with van der Waals surface area (Å²) in [7, 11) is 1.29. The molecule has 0 aliphatic heterocycles. The Morgan fingerprint density at radius 1 is 1.45 bits per heavy atom. The summed E-state index contributed by atoms with van der Waals surface area (Å²) in [4.78, 5) is 34.7. The van der Waals surface area contributed by atoms with Crippen LogP contribution in [0.2, 0.25) is 0 Å². The van der Waals surface area contributed by atoms with E-state index in [1.54, 1.807) is 20.8 Å². The molecule has 8 nitrogen and oxygen atoms in total. The van der Waals surface area contributed by atoms with Crippen molar-refractivity contribution in [1.82, 2.24) is 4.90 Å². The lowest BCUT2D eigenvalue weighted by Crippen LogP contribution is -2.37. The third-order valence-electron chi connectivity index (χ3n) is 2.75. The molecule has 22 heavy (non-hydrogen) atoms. The van der Waals surface area contributed by atoms with Gasteiger partial charge in [-0.25, -0.2) is 4.79 Å². The summed E-state index contributed by atoms with van der Waals surface area (Å²) in [5, 5.41) is 20.5. The molecule has 0 aliphatic rings. The lowest BCUT2D eigenvalue weighted by Gasteiger charge is -2.28. The second-order valence-electron chi connectivity index (χ2n) is 5.67. The number of carbonyl (C=O) groups is 2. The van der Waals surface area contributed by atoms with Gasteiger partial charge in [-0.3, -0.25) is 15.0 Å². The average molecular weight is 310 g/mol. The zero-order chi connectivity index (χ0) is 17.1. The molecule has 1 amide bonds. The summed E-state index contributed by atoms with van der Waals surface area (Å²) >= 11 is 0. The Hall–Kier alpha value is -2.64. The third kappa shape index (κ3) is 4.18. The van der Waals surface area contributed by atoms with Gasteiger partial charge in [-0.2, -0.15) is 0 Å². The molecule has 0 saturated carbocycles. The van der Waals surface area contributed by atoms with Crippen LogP contribution in [-0.4, -0.2) is 40.0 Å². The van der Waals surface area contributed by atoms with Gasteiger partial charge in [-0.15, -0.1) is 0 Å². The summed E-state index contributed by atoms with van der Waals surface area (Å²) < 4.78 is 5.13. The number of phenols is 1. The highest BCUT2D eigenvalue weighted by Crippen LogP contribution is 2.31. The van der Waals surface area contributed by atoms with Crippen molar-refractivity contribution in [1.29, 1.82) is 0 Å². The molecule has 0 heterocycles. The van der Waals surface area contributed by atoms with Crippen LogP contribution in [0.15, 0.2) is 18.2 Å². The van der Waals surface area contributed by atoms with E-state index < -0.39 is 22.7 Å². The second-order valence-corrected chi connectivity index (χ2v) is 5.67. The molecule has 0 bridgehead atoms. The number of carbonyl (C=O) groups excluding carboxylic acids is 2. The van der Waals surface area contributed by atoms with Crippen LogP contribution in [0.4, 0.5) is 10.5 Å². The fourth-order valence-corrected chi connectivity index (χ4v) is 1.77. The number of benzene rings is 1. The minimum absolute atomic E-state index is 0.0895. The number of phenolic OH excluding ortho intramolecular Hbond substituents is 1. The Bertz CT molecular complexity index is 593. The number of ether oxygens (including phenoxy) is 1. The number of rotatable bonds is 4. The molecule has 0 radical (unpaired) electrons. The van der Waals surface area contributed by atoms with E-state index in [9.17, 15) is 24.8 Å². The predicted molar refractivity (Wildman–Crippen MR) is 77.6 cm³/mol. The highest BCUT2D eigenvalue weighted by Gasteiger charge is 2.31. The van der Waals surface area contributed by atoms with Gasteiger partial charge in [-0.1, -0.05) is 0 Å². The second kappa shape index (κ2) is 6.42. The van der Waals surface area contributed by atoms with E-state index in [4.69, 9.17) is 4.74 Å². The molecule has 0 fully saturated rings. The molecule has 0 aliphatic carbocycles. The molecule has 1 atom stereocenters. The Labute approximate surface area is 127 Å². The number of hydrogen-bond acceptors (Lipinski definition) is 6. The molecule has 0 spiro atoms. The fraction of sp³-hybridized carbons (Fsp3) is 0.429. The van der Waals surface area contributed by atoms with Gasteiger partial charge < -0.3 is 14.6 Å². The van der Waals surface area contributed by atoms with Crippen LogP contribution in [0, 0.1) is 10.1 Å². The zero-order valence-electron chi connectivity index (χ0n) is 12.8. The van der Waals surface area contributed by atoms with Gasteiger partial charge in [0.2, 0.25) is 0 Å². The summed E-state index contributed by atoms with van der Waals surface area (Å²) in [5.41, 5.74) is -1.23. The molecule has 1 aromatic rings. The van der Waals surface area contributed by atoms with Crippen LogP contribution in [0.25, 0.3) is 0 Å². The first-order valence-electron chi connectivity index (χ1n) is 6.45. The quantitative estimate of drug-likeness (QED) is 0.519. The van der Waals surface area contributed by atoms with Crippen molar-refractivity contribution >= 4 is 18.1 Å².